The van der Waals surface area contributed by atoms with Crippen LogP contribution in [0.1, 0.15) is 11.1 Å². The number of hydrogen-bond donors (Lipinski definition) is 1. The maximum Gasteiger partial charge on any atom is 0.184 e. The number of rotatable bonds is 3. The third kappa shape index (κ3) is 3.00. The number of aromatic nitrogens is 1. The number of halogens is 2. The Morgan fingerprint density at radius 3 is 2.70 bits per heavy atom. The van der Waals surface area contributed by atoms with Gasteiger partial charge in [-0.05, 0) is 24.3 Å². The average molecular weight is 393 g/mol. The molecule has 116 valence electrons. The van der Waals surface area contributed by atoms with Crippen LogP contribution >= 0.6 is 15.9 Å². The third-order valence-electron chi connectivity index (χ3n) is 3.47. The molecule has 1 heterocycles. The molecule has 0 saturated heterocycles. The van der Waals surface area contributed by atoms with Crippen LogP contribution in [0.2, 0.25) is 0 Å². The number of fused-ring (bicyclic) bond motifs is 1. The summed E-state index contributed by atoms with van der Waals surface area (Å²) >= 11 is 3.32. The second-order valence-electron chi connectivity index (χ2n) is 5.02. The van der Waals surface area contributed by atoms with Crippen molar-refractivity contribution < 1.29 is 12.8 Å². The van der Waals surface area contributed by atoms with Crippen LogP contribution in [-0.2, 0) is 15.6 Å². The summed E-state index contributed by atoms with van der Waals surface area (Å²) in [6.45, 7) is 0. The van der Waals surface area contributed by atoms with Crippen LogP contribution in [-0.4, -0.2) is 13.4 Å². The monoisotopic (exact) mass is 392 g/mol. The van der Waals surface area contributed by atoms with E-state index < -0.39 is 21.4 Å². The number of nitriles is 1. The lowest BCUT2D eigenvalue weighted by Gasteiger charge is -2.05. The quantitative estimate of drug-likeness (QED) is 0.733. The second-order valence-corrected chi connectivity index (χ2v) is 7.89. The first-order valence-electron chi connectivity index (χ1n) is 6.58. The maximum absolute atomic E-state index is 13.9. The molecule has 1 N–H and O–H groups in total. The molecule has 2 aromatic carbocycles. The third-order valence-corrected chi connectivity index (χ3v) is 5.66. The van der Waals surface area contributed by atoms with Gasteiger partial charge in [-0.3, -0.25) is 0 Å². The molecule has 0 fully saturated rings. The summed E-state index contributed by atoms with van der Waals surface area (Å²) in [4.78, 5) is 3.04. The summed E-state index contributed by atoms with van der Waals surface area (Å²) in [5.41, 5.74) is 0.870. The molecular formula is C16H10BrFN2O2S. The molecule has 0 aliphatic carbocycles. The molecule has 7 heteroatoms. The fourth-order valence-corrected chi connectivity index (χ4v) is 4.26. The zero-order chi connectivity index (χ0) is 16.6. The second kappa shape index (κ2) is 5.80. The summed E-state index contributed by atoms with van der Waals surface area (Å²) < 4.78 is 40.0. The fraction of sp³-hybridized carbons (Fsp3) is 0.0625. The molecule has 3 rings (SSSR count). The topological polar surface area (TPSA) is 73.7 Å². The lowest BCUT2D eigenvalue weighted by molar-refractivity contribution is 0.587. The lowest BCUT2D eigenvalue weighted by Crippen LogP contribution is -2.06. The number of hydrogen-bond acceptors (Lipinski definition) is 3. The predicted molar refractivity (Wildman–Crippen MR) is 88.0 cm³/mol. The largest absolute Gasteiger partial charge is 0.360 e. The molecule has 0 aliphatic rings. The number of sulfone groups is 1. The van der Waals surface area contributed by atoms with E-state index in [9.17, 15) is 12.8 Å². The van der Waals surface area contributed by atoms with Crippen LogP contribution < -0.4 is 0 Å². The fourth-order valence-electron chi connectivity index (χ4n) is 2.35. The summed E-state index contributed by atoms with van der Waals surface area (Å²) in [7, 11) is -3.72. The molecule has 0 bridgehead atoms. The maximum atomic E-state index is 13.9. The van der Waals surface area contributed by atoms with Crippen molar-refractivity contribution in [1.82, 2.24) is 4.98 Å². The van der Waals surface area contributed by atoms with Crippen LogP contribution in [0, 0.1) is 17.1 Å². The molecule has 0 amide bonds. The van der Waals surface area contributed by atoms with Gasteiger partial charge in [-0.1, -0.05) is 28.1 Å². The van der Waals surface area contributed by atoms with Crippen molar-refractivity contribution in [3.63, 3.8) is 0 Å². The molecule has 1 aromatic heterocycles. The Kier molecular flexibility index (Phi) is 3.96. The molecular weight excluding hydrogens is 383 g/mol. The minimum Gasteiger partial charge on any atom is -0.360 e. The SMILES string of the molecule is N#Cc1ccc(CS(=O)(=O)c2c[nH]c3cc(Br)ccc23)c(F)c1. The summed E-state index contributed by atoms with van der Waals surface area (Å²) in [5.74, 6) is -1.16. The molecule has 0 atom stereocenters. The van der Waals surface area contributed by atoms with E-state index in [1.54, 1.807) is 18.2 Å². The van der Waals surface area contributed by atoms with E-state index in [4.69, 9.17) is 5.26 Å². The zero-order valence-electron chi connectivity index (χ0n) is 11.7. The Balaban J connectivity index is 2.03. The van der Waals surface area contributed by atoms with Crippen molar-refractivity contribution in [1.29, 1.82) is 5.26 Å². The minimum atomic E-state index is -3.72. The van der Waals surface area contributed by atoms with Crippen molar-refractivity contribution in [3.8, 4) is 6.07 Å². The van der Waals surface area contributed by atoms with Gasteiger partial charge in [-0.25, -0.2) is 12.8 Å². The number of aromatic amines is 1. The number of nitrogens with one attached hydrogen (secondary N) is 1. The lowest BCUT2D eigenvalue weighted by atomic mass is 10.1. The van der Waals surface area contributed by atoms with Crippen molar-refractivity contribution in [2.45, 2.75) is 10.6 Å². The van der Waals surface area contributed by atoms with Crippen LogP contribution in [0.4, 0.5) is 4.39 Å². The summed E-state index contributed by atoms with van der Waals surface area (Å²) in [5, 5.41) is 9.29. The molecule has 0 saturated carbocycles. The van der Waals surface area contributed by atoms with E-state index in [0.29, 0.717) is 10.9 Å². The van der Waals surface area contributed by atoms with Gasteiger partial charge in [0.1, 0.15) is 5.82 Å². The van der Waals surface area contributed by atoms with E-state index in [1.807, 2.05) is 6.07 Å². The Hall–Kier alpha value is -2.17. The Labute approximate surface area is 140 Å². The van der Waals surface area contributed by atoms with Crippen LogP contribution in [0.5, 0.6) is 0 Å². The first kappa shape index (κ1) is 15.7. The van der Waals surface area contributed by atoms with Crippen molar-refractivity contribution >= 4 is 36.7 Å². The van der Waals surface area contributed by atoms with Gasteiger partial charge in [-0.15, -0.1) is 0 Å². The van der Waals surface area contributed by atoms with E-state index >= 15 is 0 Å². The first-order valence-corrected chi connectivity index (χ1v) is 9.03. The highest BCUT2D eigenvalue weighted by Gasteiger charge is 2.21. The van der Waals surface area contributed by atoms with E-state index in [-0.39, 0.29) is 16.0 Å². The number of benzene rings is 2. The van der Waals surface area contributed by atoms with Gasteiger partial charge in [0.2, 0.25) is 0 Å². The van der Waals surface area contributed by atoms with Crippen molar-refractivity contribution in [2.24, 2.45) is 0 Å². The zero-order valence-corrected chi connectivity index (χ0v) is 14.1. The highest BCUT2D eigenvalue weighted by atomic mass is 79.9. The van der Waals surface area contributed by atoms with E-state index in [1.165, 1.54) is 18.3 Å². The highest BCUT2D eigenvalue weighted by molar-refractivity contribution is 9.10. The van der Waals surface area contributed by atoms with E-state index in [2.05, 4.69) is 20.9 Å². The molecule has 3 aromatic rings. The number of H-pyrrole nitrogens is 1. The standard InChI is InChI=1S/C16H10BrFN2O2S/c17-12-3-4-13-15(6-12)20-8-16(13)23(21,22)9-11-2-1-10(7-19)5-14(11)18/h1-6,8,20H,9H2. The Morgan fingerprint density at radius 2 is 2.00 bits per heavy atom. The van der Waals surface area contributed by atoms with E-state index in [0.717, 1.165) is 10.5 Å². The van der Waals surface area contributed by atoms with Gasteiger partial charge in [0.25, 0.3) is 0 Å². The van der Waals surface area contributed by atoms with Crippen LogP contribution in [0.25, 0.3) is 10.9 Å². The first-order chi connectivity index (χ1) is 10.9. The molecule has 4 nitrogen and oxygen atoms in total. The highest BCUT2D eigenvalue weighted by Crippen LogP contribution is 2.28. The number of nitrogens with zero attached hydrogens (tertiary/aromatic N) is 1. The van der Waals surface area contributed by atoms with Crippen molar-refractivity contribution in [2.75, 3.05) is 0 Å². The van der Waals surface area contributed by atoms with Gasteiger partial charge in [-0.2, -0.15) is 5.26 Å². The molecule has 0 spiro atoms. The van der Waals surface area contributed by atoms with Gasteiger partial charge < -0.3 is 4.98 Å². The van der Waals surface area contributed by atoms with Gasteiger partial charge in [0.15, 0.2) is 9.84 Å². The molecule has 0 unspecified atom stereocenters. The Bertz CT molecular complexity index is 1050. The normalized spacial score (nSPS) is 11.5. The minimum absolute atomic E-state index is 0.0375. The summed E-state index contributed by atoms with van der Waals surface area (Å²) in [6.07, 6.45) is 1.41. The van der Waals surface area contributed by atoms with Crippen LogP contribution in [0.3, 0.4) is 0 Å². The average Bonchev–Trinajstić information content (AvgIpc) is 2.93. The van der Waals surface area contributed by atoms with Gasteiger partial charge in [0.05, 0.1) is 22.3 Å². The molecule has 23 heavy (non-hydrogen) atoms. The molecule has 0 aliphatic heterocycles. The van der Waals surface area contributed by atoms with Gasteiger partial charge >= 0.3 is 0 Å². The predicted octanol–water partition coefficient (Wildman–Crippen LogP) is 3.92. The summed E-state index contributed by atoms with van der Waals surface area (Å²) in [6, 6.07) is 10.8. The van der Waals surface area contributed by atoms with Crippen molar-refractivity contribution in [3.05, 3.63) is 64.0 Å². The smallest absolute Gasteiger partial charge is 0.184 e. The van der Waals surface area contributed by atoms with Gasteiger partial charge in [0, 0.05) is 27.1 Å². The van der Waals surface area contributed by atoms with Crippen LogP contribution in [0.15, 0.2) is 52.0 Å². The molecule has 0 radical (unpaired) electrons. The Morgan fingerprint density at radius 1 is 1.22 bits per heavy atom.